The molecule has 1 aliphatic carbocycles. The fourth-order valence-corrected chi connectivity index (χ4v) is 3.99. The third-order valence-electron chi connectivity index (χ3n) is 4.45. The van der Waals surface area contributed by atoms with Gasteiger partial charge in [-0.05, 0) is 80.6 Å². The smallest absolute Gasteiger partial charge is 0.0558 e. The summed E-state index contributed by atoms with van der Waals surface area (Å²) in [6.07, 6.45) is 2.32. The first kappa shape index (κ1) is 13.3. The van der Waals surface area contributed by atoms with E-state index in [9.17, 15) is 0 Å². The molecule has 4 rings (SSSR count). The van der Waals surface area contributed by atoms with Crippen LogP contribution < -0.4 is 5.73 Å². The number of benzene rings is 3. The topological polar surface area (TPSA) is 26.0 Å². The lowest BCUT2D eigenvalue weighted by atomic mass is 9.92. The summed E-state index contributed by atoms with van der Waals surface area (Å²) in [6.45, 7) is 0. The molecule has 0 aliphatic heterocycles. The van der Waals surface area contributed by atoms with Crippen molar-refractivity contribution in [3.8, 4) is 0 Å². The van der Waals surface area contributed by atoms with Crippen molar-refractivity contribution in [3.63, 3.8) is 0 Å². The Balaban J connectivity index is 1.92. The SMILES string of the molecule is NC(c1cccc(I)c1)c1ccc2c3c(cccc13)CC2. The Morgan fingerprint density at radius 2 is 1.67 bits per heavy atom. The molecule has 1 aliphatic rings. The van der Waals surface area contributed by atoms with Crippen LogP contribution in [0.25, 0.3) is 10.8 Å². The average Bonchev–Trinajstić information content (AvgIpc) is 2.92. The van der Waals surface area contributed by atoms with E-state index in [0.29, 0.717) is 0 Å². The molecule has 3 aromatic rings. The van der Waals surface area contributed by atoms with Crippen molar-refractivity contribution < 1.29 is 0 Å². The molecule has 1 unspecified atom stereocenters. The lowest BCUT2D eigenvalue weighted by molar-refractivity contribution is 0.879. The summed E-state index contributed by atoms with van der Waals surface area (Å²) in [7, 11) is 0. The third-order valence-corrected chi connectivity index (χ3v) is 5.12. The molecule has 0 radical (unpaired) electrons. The van der Waals surface area contributed by atoms with Gasteiger partial charge in [0, 0.05) is 3.57 Å². The van der Waals surface area contributed by atoms with Crippen LogP contribution in [0.2, 0.25) is 0 Å². The maximum Gasteiger partial charge on any atom is 0.0558 e. The Kier molecular flexibility index (Phi) is 3.23. The van der Waals surface area contributed by atoms with Crippen LogP contribution in [-0.4, -0.2) is 0 Å². The van der Waals surface area contributed by atoms with Gasteiger partial charge in [0.1, 0.15) is 0 Å². The van der Waals surface area contributed by atoms with Crippen molar-refractivity contribution in [2.45, 2.75) is 18.9 Å². The van der Waals surface area contributed by atoms with E-state index in [1.165, 1.54) is 36.6 Å². The van der Waals surface area contributed by atoms with Gasteiger partial charge in [-0.2, -0.15) is 0 Å². The van der Waals surface area contributed by atoms with Gasteiger partial charge in [-0.1, -0.05) is 42.5 Å². The van der Waals surface area contributed by atoms with E-state index in [-0.39, 0.29) is 6.04 Å². The van der Waals surface area contributed by atoms with Crippen molar-refractivity contribution in [2.24, 2.45) is 5.73 Å². The number of hydrogen-bond donors (Lipinski definition) is 1. The largest absolute Gasteiger partial charge is 0.320 e. The van der Waals surface area contributed by atoms with Gasteiger partial charge < -0.3 is 5.73 Å². The van der Waals surface area contributed by atoms with Gasteiger partial charge in [-0.3, -0.25) is 0 Å². The van der Waals surface area contributed by atoms with E-state index < -0.39 is 0 Å². The molecule has 0 bridgehead atoms. The maximum absolute atomic E-state index is 6.57. The lowest BCUT2D eigenvalue weighted by Crippen LogP contribution is -2.12. The van der Waals surface area contributed by atoms with Crippen molar-refractivity contribution >= 4 is 33.4 Å². The Morgan fingerprint density at radius 1 is 0.905 bits per heavy atom. The summed E-state index contributed by atoms with van der Waals surface area (Å²) in [5.41, 5.74) is 11.9. The van der Waals surface area contributed by atoms with Gasteiger partial charge in [0.15, 0.2) is 0 Å². The molecule has 0 aromatic heterocycles. The van der Waals surface area contributed by atoms with Crippen LogP contribution in [0.15, 0.2) is 54.6 Å². The van der Waals surface area contributed by atoms with Crippen LogP contribution in [0.5, 0.6) is 0 Å². The van der Waals surface area contributed by atoms with Crippen LogP contribution in [-0.2, 0) is 12.8 Å². The molecule has 1 atom stereocenters. The highest BCUT2D eigenvalue weighted by Crippen LogP contribution is 2.36. The predicted octanol–water partition coefficient (Wildman–Crippen LogP) is 4.59. The maximum atomic E-state index is 6.57. The Morgan fingerprint density at radius 3 is 2.48 bits per heavy atom. The molecular weight excluding hydrogens is 369 g/mol. The van der Waals surface area contributed by atoms with E-state index in [0.717, 1.165) is 12.8 Å². The molecule has 21 heavy (non-hydrogen) atoms. The first-order valence-electron chi connectivity index (χ1n) is 7.28. The number of halogens is 1. The number of nitrogens with two attached hydrogens (primary N) is 1. The van der Waals surface area contributed by atoms with Gasteiger partial charge in [-0.15, -0.1) is 0 Å². The van der Waals surface area contributed by atoms with Crippen LogP contribution in [0.4, 0.5) is 0 Å². The normalized spacial score (nSPS) is 14.6. The van der Waals surface area contributed by atoms with Crippen LogP contribution >= 0.6 is 22.6 Å². The predicted molar refractivity (Wildman–Crippen MR) is 96.5 cm³/mol. The standard InChI is InChI=1S/C19H16IN/c20-15-5-1-4-14(11-15)19(21)17-10-9-13-8-7-12-3-2-6-16(17)18(12)13/h1-6,9-11,19H,7-8,21H2. The molecule has 2 N–H and O–H groups in total. The van der Waals surface area contributed by atoms with Crippen molar-refractivity contribution in [1.29, 1.82) is 0 Å². The van der Waals surface area contributed by atoms with E-state index in [4.69, 9.17) is 5.73 Å². The molecule has 3 aromatic carbocycles. The van der Waals surface area contributed by atoms with Gasteiger partial charge in [-0.25, -0.2) is 0 Å². The minimum atomic E-state index is -0.0652. The fraction of sp³-hybridized carbons (Fsp3) is 0.158. The molecule has 2 heteroatoms. The Hall–Kier alpha value is -1.39. The molecular formula is C19H16IN. The molecule has 104 valence electrons. The summed E-state index contributed by atoms with van der Waals surface area (Å²) in [5, 5.41) is 2.77. The first-order valence-corrected chi connectivity index (χ1v) is 8.36. The van der Waals surface area contributed by atoms with Crippen LogP contribution in [0, 0.1) is 3.57 Å². The highest BCUT2D eigenvalue weighted by Gasteiger charge is 2.19. The van der Waals surface area contributed by atoms with E-state index in [2.05, 4.69) is 77.2 Å². The lowest BCUT2D eigenvalue weighted by Gasteiger charge is -2.16. The molecule has 0 fully saturated rings. The third kappa shape index (κ3) is 2.17. The number of rotatable bonds is 2. The van der Waals surface area contributed by atoms with Gasteiger partial charge >= 0.3 is 0 Å². The quantitative estimate of drug-likeness (QED) is 0.642. The summed E-state index contributed by atoms with van der Waals surface area (Å²) < 4.78 is 1.23. The van der Waals surface area contributed by atoms with E-state index in [1.807, 2.05) is 0 Å². The first-order chi connectivity index (χ1) is 10.2. The van der Waals surface area contributed by atoms with E-state index in [1.54, 1.807) is 0 Å². The zero-order chi connectivity index (χ0) is 14.4. The van der Waals surface area contributed by atoms with Crippen LogP contribution in [0.3, 0.4) is 0 Å². The fourth-order valence-electron chi connectivity index (χ4n) is 3.42. The molecule has 0 spiro atoms. The Bertz CT molecular complexity index is 828. The summed E-state index contributed by atoms with van der Waals surface area (Å²) in [5.74, 6) is 0. The summed E-state index contributed by atoms with van der Waals surface area (Å²) in [4.78, 5) is 0. The zero-order valence-electron chi connectivity index (χ0n) is 11.6. The van der Waals surface area contributed by atoms with Crippen molar-refractivity contribution in [3.05, 3.63) is 80.4 Å². The van der Waals surface area contributed by atoms with Crippen molar-refractivity contribution in [1.82, 2.24) is 0 Å². The molecule has 1 nitrogen and oxygen atoms in total. The highest BCUT2D eigenvalue weighted by molar-refractivity contribution is 14.1. The summed E-state index contributed by atoms with van der Waals surface area (Å²) >= 11 is 2.34. The second-order valence-electron chi connectivity index (χ2n) is 5.69. The van der Waals surface area contributed by atoms with Crippen molar-refractivity contribution in [2.75, 3.05) is 0 Å². The van der Waals surface area contributed by atoms with E-state index >= 15 is 0 Å². The minimum Gasteiger partial charge on any atom is -0.320 e. The number of hydrogen-bond acceptors (Lipinski definition) is 1. The monoisotopic (exact) mass is 385 g/mol. The number of aryl methyl sites for hydroxylation is 2. The van der Waals surface area contributed by atoms with Gasteiger partial charge in [0.05, 0.1) is 6.04 Å². The van der Waals surface area contributed by atoms with Gasteiger partial charge in [0.2, 0.25) is 0 Å². The minimum absolute atomic E-state index is 0.0652. The second kappa shape index (κ2) is 5.11. The molecule has 0 amide bonds. The average molecular weight is 385 g/mol. The zero-order valence-corrected chi connectivity index (χ0v) is 13.8. The second-order valence-corrected chi connectivity index (χ2v) is 6.93. The molecule has 0 heterocycles. The Labute approximate surface area is 138 Å². The molecule has 0 saturated carbocycles. The van der Waals surface area contributed by atoms with Gasteiger partial charge in [0.25, 0.3) is 0 Å². The molecule has 0 saturated heterocycles. The summed E-state index contributed by atoms with van der Waals surface area (Å²) in [6, 6.07) is 19.5. The van der Waals surface area contributed by atoms with Crippen LogP contribution in [0.1, 0.15) is 28.3 Å². The highest BCUT2D eigenvalue weighted by atomic mass is 127.